The summed E-state index contributed by atoms with van der Waals surface area (Å²) in [5.41, 5.74) is 2.47. The van der Waals surface area contributed by atoms with Gasteiger partial charge in [-0.2, -0.15) is 0 Å². The Morgan fingerprint density at radius 3 is 2.36 bits per heavy atom. The largest absolute Gasteiger partial charge is 0.342 e. The van der Waals surface area contributed by atoms with Crippen molar-refractivity contribution in [3.63, 3.8) is 0 Å². The molecule has 170 valence electrons. The normalized spacial score (nSPS) is 16.7. The van der Waals surface area contributed by atoms with Crippen molar-refractivity contribution in [2.24, 2.45) is 7.05 Å². The Labute approximate surface area is 192 Å². The Bertz CT molecular complexity index is 1150. The molecule has 0 unspecified atom stereocenters. The maximum Gasteiger partial charge on any atom is 0.329 e. The van der Waals surface area contributed by atoms with Gasteiger partial charge in [-0.05, 0) is 29.2 Å². The van der Waals surface area contributed by atoms with Crippen LogP contribution in [0.4, 0.5) is 10.5 Å². The number of amides is 4. The van der Waals surface area contributed by atoms with Crippen LogP contribution in [-0.2, 0) is 16.6 Å². The zero-order valence-electron chi connectivity index (χ0n) is 18.9. The average Bonchev–Trinajstić information content (AvgIpc) is 3.34. The predicted octanol–water partition coefficient (Wildman–Crippen LogP) is 3.26. The number of aromatic nitrogens is 2. The molecule has 2 heterocycles. The van der Waals surface area contributed by atoms with Crippen LogP contribution in [-0.4, -0.2) is 33.4 Å². The van der Waals surface area contributed by atoms with Crippen LogP contribution in [0.25, 0.3) is 0 Å². The van der Waals surface area contributed by atoms with Crippen molar-refractivity contribution in [3.05, 3.63) is 83.9 Å². The minimum atomic E-state index is -0.930. The molecule has 0 bridgehead atoms. The molecule has 4 amide bonds. The van der Waals surface area contributed by atoms with Gasteiger partial charge < -0.3 is 15.2 Å². The van der Waals surface area contributed by atoms with Crippen LogP contribution in [0.15, 0.2) is 67.0 Å². The predicted molar refractivity (Wildman–Crippen MR) is 125 cm³/mol. The summed E-state index contributed by atoms with van der Waals surface area (Å²) in [5.74, 6) is 0.210. The van der Waals surface area contributed by atoms with E-state index in [9.17, 15) is 14.4 Å². The van der Waals surface area contributed by atoms with Crippen molar-refractivity contribution in [2.45, 2.75) is 38.3 Å². The highest BCUT2D eigenvalue weighted by Crippen LogP contribution is 2.25. The smallest absolute Gasteiger partial charge is 0.329 e. The number of rotatable bonds is 7. The molecular formula is C25H27N5O3. The third-order valence-corrected chi connectivity index (χ3v) is 5.78. The van der Waals surface area contributed by atoms with Crippen LogP contribution in [0.3, 0.4) is 0 Å². The molecule has 33 heavy (non-hydrogen) atoms. The van der Waals surface area contributed by atoms with E-state index in [0.717, 1.165) is 16.0 Å². The number of imide groups is 1. The Morgan fingerprint density at radius 1 is 1.06 bits per heavy atom. The number of carbonyl (C=O) groups is 3. The first-order valence-corrected chi connectivity index (χ1v) is 10.9. The van der Waals surface area contributed by atoms with Crippen molar-refractivity contribution >= 4 is 23.5 Å². The Balaban J connectivity index is 1.48. The summed E-state index contributed by atoms with van der Waals surface area (Å²) in [7, 11) is 1.85. The molecular weight excluding hydrogens is 418 g/mol. The number of benzene rings is 2. The van der Waals surface area contributed by atoms with Crippen molar-refractivity contribution in [1.82, 2.24) is 20.2 Å². The summed E-state index contributed by atoms with van der Waals surface area (Å²) in [6, 6.07) is 14.9. The quantitative estimate of drug-likeness (QED) is 0.546. The number of imidazole rings is 1. The molecule has 1 aliphatic rings. The lowest BCUT2D eigenvalue weighted by Crippen LogP contribution is -2.38. The van der Waals surface area contributed by atoms with Crippen molar-refractivity contribution in [1.29, 1.82) is 0 Å². The molecule has 0 radical (unpaired) electrons. The molecule has 8 heteroatoms. The van der Waals surface area contributed by atoms with Gasteiger partial charge in [-0.3, -0.25) is 9.59 Å². The minimum absolute atomic E-state index is 0.168. The molecule has 0 spiro atoms. The van der Waals surface area contributed by atoms with Crippen molar-refractivity contribution in [2.75, 3.05) is 4.90 Å². The van der Waals surface area contributed by atoms with Gasteiger partial charge in [0.1, 0.15) is 17.9 Å². The Kier molecular flexibility index (Phi) is 6.26. The fourth-order valence-electron chi connectivity index (χ4n) is 3.93. The first-order chi connectivity index (χ1) is 15.8. The summed E-state index contributed by atoms with van der Waals surface area (Å²) >= 11 is 0. The third kappa shape index (κ3) is 4.64. The topological polar surface area (TPSA) is 96.3 Å². The highest BCUT2D eigenvalue weighted by atomic mass is 16.2. The summed E-state index contributed by atoms with van der Waals surface area (Å²) in [5, 5.41) is 5.60. The van der Waals surface area contributed by atoms with E-state index in [4.69, 9.17) is 0 Å². The SMILES string of the molecule is CC(C)c1ccc(N2C(=O)N[C@@H](CC(=O)N[C@H](c3ccccc3)c3nccn3C)C2=O)cc1. The lowest BCUT2D eigenvalue weighted by molar-refractivity contribution is -0.126. The fraction of sp³-hybridized carbons (Fsp3) is 0.280. The number of hydrogen-bond acceptors (Lipinski definition) is 4. The molecule has 1 saturated heterocycles. The second kappa shape index (κ2) is 9.28. The molecule has 1 aromatic heterocycles. The highest BCUT2D eigenvalue weighted by Gasteiger charge is 2.40. The molecule has 2 aromatic carbocycles. The molecule has 1 aliphatic heterocycles. The van der Waals surface area contributed by atoms with Gasteiger partial charge >= 0.3 is 6.03 Å². The lowest BCUT2D eigenvalue weighted by Gasteiger charge is -2.20. The summed E-state index contributed by atoms with van der Waals surface area (Å²) in [4.78, 5) is 43.9. The molecule has 0 aliphatic carbocycles. The molecule has 1 fully saturated rings. The summed E-state index contributed by atoms with van der Waals surface area (Å²) < 4.78 is 1.84. The van der Waals surface area contributed by atoms with Gasteiger partial charge in [0.25, 0.3) is 5.91 Å². The molecule has 0 saturated carbocycles. The van der Waals surface area contributed by atoms with Gasteiger partial charge in [-0.1, -0.05) is 56.3 Å². The number of hydrogen-bond donors (Lipinski definition) is 2. The summed E-state index contributed by atoms with van der Waals surface area (Å²) in [6.07, 6.45) is 3.31. The zero-order valence-corrected chi connectivity index (χ0v) is 18.9. The van der Waals surface area contributed by atoms with E-state index in [-0.39, 0.29) is 12.3 Å². The highest BCUT2D eigenvalue weighted by molar-refractivity contribution is 6.22. The van der Waals surface area contributed by atoms with E-state index in [1.807, 2.05) is 54.1 Å². The van der Waals surface area contributed by atoms with Crippen LogP contribution < -0.4 is 15.5 Å². The van der Waals surface area contributed by atoms with E-state index in [2.05, 4.69) is 29.5 Å². The standard InChI is InChI=1S/C25H27N5O3/c1-16(2)17-9-11-19(12-10-17)30-24(32)20(27-25(30)33)15-21(31)28-22(18-7-5-4-6-8-18)23-26-13-14-29(23)3/h4-14,16,20,22H,15H2,1-3H3,(H,27,33)(H,28,31)/t20-,22+/m0/s1. The first-order valence-electron chi connectivity index (χ1n) is 10.9. The van der Waals surface area contributed by atoms with E-state index in [0.29, 0.717) is 17.4 Å². The average molecular weight is 446 g/mol. The molecule has 3 aromatic rings. The second-order valence-electron chi connectivity index (χ2n) is 8.43. The lowest BCUT2D eigenvalue weighted by atomic mass is 10.0. The zero-order chi connectivity index (χ0) is 23.5. The van der Waals surface area contributed by atoms with E-state index in [1.54, 1.807) is 24.5 Å². The van der Waals surface area contributed by atoms with Gasteiger partial charge in [0.05, 0.1) is 12.1 Å². The maximum atomic E-state index is 13.0. The van der Waals surface area contributed by atoms with Crippen LogP contribution in [0.2, 0.25) is 0 Å². The van der Waals surface area contributed by atoms with Crippen LogP contribution in [0.1, 0.15) is 49.2 Å². The van der Waals surface area contributed by atoms with Crippen LogP contribution >= 0.6 is 0 Å². The molecule has 2 N–H and O–H groups in total. The first kappa shape index (κ1) is 22.3. The van der Waals surface area contributed by atoms with E-state index in [1.165, 1.54) is 0 Å². The second-order valence-corrected chi connectivity index (χ2v) is 8.43. The fourth-order valence-corrected chi connectivity index (χ4v) is 3.93. The van der Waals surface area contributed by atoms with E-state index < -0.39 is 24.0 Å². The maximum absolute atomic E-state index is 13.0. The number of urea groups is 1. The van der Waals surface area contributed by atoms with Crippen LogP contribution in [0.5, 0.6) is 0 Å². The molecule has 8 nitrogen and oxygen atoms in total. The number of nitrogens with one attached hydrogen (secondary N) is 2. The van der Waals surface area contributed by atoms with E-state index >= 15 is 0 Å². The minimum Gasteiger partial charge on any atom is -0.342 e. The van der Waals surface area contributed by atoms with Gasteiger partial charge in [-0.25, -0.2) is 14.7 Å². The van der Waals surface area contributed by atoms with Gasteiger partial charge in [0, 0.05) is 19.4 Å². The number of carbonyl (C=O) groups excluding carboxylic acids is 3. The molecule has 4 rings (SSSR count). The Morgan fingerprint density at radius 2 is 1.76 bits per heavy atom. The van der Waals surface area contributed by atoms with Gasteiger partial charge in [-0.15, -0.1) is 0 Å². The van der Waals surface area contributed by atoms with Crippen molar-refractivity contribution < 1.29 is 14.4 Å². The van der Waals surface area contributed by atoms with Gasteiger partial charge in [0.2, 0.25) is 5.91 Å². The number of anilines is 1. The van der Waals surface area contributed by atoms with Gasteiger partial charge in [0.15, 0.2) is 0 Å². The third-order valence-electron chi connectivity index (χ3n) is 5.78. The molecule has 2 atom stereocenters. The summed E-state index contributed by atoms with van der Waals surface area (Å²) in [6.45, 7) is 4.15. The Hall–Kier alpha value is -3.94. The monoisotopic (exact) mass is 445 g/mol. The number of aryl methyl sites for hydroxylation is 1. The van der Waals surface area contributed by atoms with Crippen LogP contribution in [0, 0.1) is 0 Å². The van der Waals surface area contributed by atoms with Crippen molar-refractivity contribution in [3.8, 4) is 0 Å². The number of nitrogens with zero attached hydrogens (tertiary/aromatic N) is 3.